The normalized spacial score (nSPS) is 10.9. The number of nitro benzene ring substituents is 1. The van der Waals surface area contributed by atoms with E-state index in [1.807, 2.05) is 6.92 Å². The van der Waals surface area contributed by atoms with Gasteiger partial charge in [-0.05, 0) is 55.5 Å². The highest BCUT2D eigenvalue weighted by atomic mass is 32.2. The standard InChI is InChI=1S/C20H17N3O5S/c1-14-2-6-17(7-3-14)22-29(27,28)19-12-8-16(9-13-19)21-20(24)15-4-10-18(11-5-15)23(25)26/h2-13,22H,1H3,(H,21,24). The van der Waals surface area contributed by atoms with Crippen LogP contribution >= 0.6 is 0 Å². The summed E-state index contributed by atoms with van der Waals surface area (Å²) in [6, 6.07) is 17.8. The van der Waals surface area contributed by atoms with Crippen molar-refractivity contribution < 1.29 is 18.1 Å². The van der Waals surface area contributed by atoms with Crippen LogP contribution in [0.15, 0.2) is 77.7 Å². The minimum atomic E-state index is -3.76. The number of anilines is 2. The Kier molecular flexibility index (Phi) is 5.60. The molecule has 0 aliphatic carbocycles. The molecule has 3 aromatic carbocycles. The van der Waals surface area contributed by atoms with Crippen LogP contribution in [0.3, 0.4) is 0 Å². The highest BCUT2D eigenvalue weighted by Gasteiger charge is 2.15. The first-order valence-corrected chi connectivity index (χ1v) is 9.98. The zero-order valence-corrected chi connectivity index (χ0v) is 16.1. The smallest absolute Gasteiger partial charge is 0.269 e. The lowest BCUT2D eigenvalue weighted by molar-refractivity contribution is -0.384. The Balaban J connectivity index is 1.69. The molecule has 9 heteroatoms. The molecule has 0 heterocycles. The first kappa shape index (κ1) is 20.0. The molecule has 0 unspecified atom stereocenters. The molecule has 0 aliphatic heterocycles. The number of nitro groups is 1. The minimum Gasteiger partial charge on any atom is -0.322 e. The van der Waals surface area contributed by atoms with Crippen LogP contribution in [0.2, 0.25) is 0 Å². The van der Waals surface area contributed by atoms with Crippen molar-refractivity contribution in [2.45, 2.75) is 11.8 Å². The SMILES string of the molecule is Cc1ccc(NS(=O)(=O)c2ccc(NC(=O)c3ccc([N+](=O)[O-])cc3)cc2)cc1. The molecule has 3 rings (SSSR count). The molecule has 0 fully saturated rings. The first-order valence-electron chi connectivity index (χ1n) is 8.50. The number of benzene rings is 3. The summed E-state index contributed by atoms with van der Waals surface area (Å²) < 4.78 is 27.4. The quantitative estimate of drug-likeness (QED) is 0.470. The molecule has 148 valence electrons. The molecule has 2 N–H and O–H groups in total. The average molecular weight is 411 g/mol. The lowest BCUT2D eigenvalue weighted by atomic mass is 10.2. The van der Waals surface area contributed by atoms with Gasteiger partial charge in [0.25, 0.3) is 21.6 Å². The van der Waals surface area contributed by atoms with Crippen LogP contribution in [0.5, 0.6) is 0 Å². The summed E-state index contributed by atoms with van der Waals surface area (Å²) in [6.45, 7) is 1.90. The van der Waals surface area contributed by atoms with Gasteiger partial charge in [0.2, 0.25) is 0 Å². The van der Waals surface area contributed by atoms with Gasteiger partial charge in [-0.25, -0.2) is 8.42 Å². The molecule has 1 amide bonds. The van der Waals surface area contributed by atoms with Gasteiger partial charge in [-0.3, -0.25) is 19.6 Å². The highest BCUT2D eigenvalue weighted by molar-refractivity contribution is 7.92. The van der Waals surface area contributed by atoms with E-state index in [-0.39, 0.29) is 16.1 Å². The van der Waals surface area contributed by atoms with Gasteiger partial charge in [-0.15, -0.1) is 0 Å². The second kappa shape index (κ2) is 8.11. The molecule has 8 nitrogen and oxygen atoms in total. The number of carbonyl (C=O) groups excluding carboxylic acids is 1. The zero-order valence-electron chi connectivity index (χ0n) is 15.3. The van der Waals surface area contributed by atoms with E-state index in [4.69, 9.17) is 0 Å². The van der Waals surface area contributed by atoms with Crippen molar-refractivity contribution in [3.05, 3.63) is 94.0 Å². The van der Waals surface area contributed by atoms with Gasteiger partial charge in [0.1, 0.15) is 0 Å². The molecule has 3 aromatic rings. The van der Waals surface area contributed by atoms with Crippen molar-refractivity contribution in [1.29, 1.82) is 0 Å². The Morgan fingerprint density at radius 3 is 1.97 bits per heavy atom. The van der Waals surface area contributed by atoms with E-state index >= 15 is 0 Å². The number of rotatable bonds is 6. The summed E-state index contributed by atoms with van der Waals surface area (Å²) in [6.07, 6.45) is 0. The monoisotopic (exact) mass is 411 g/mol. The second-order valence-corrected chi connectivity index (χ2v) is 7.94. The molecule has 0 atom stereocenters. The lowest BCUT2D eigenvalue weighted by Crippen LogP contribution is -2.14. The summed E-state index contributed by atoms with van der Waals surface area (Å²) in [5.41, 5.74) is 1.99. The summed E-state index contributed by atoms with van der Waals surface area (Å²) in [7, 11) is -3.76. The van der Waals surface area contributed by atoms with E-state index in [0.717, 1.165) is 5.56 Å². The van der Waals surface area contributed by atoms with E-state index < -0.39 is 20.9 Å². The van der Waals surface area contributed by atoms with Crippen LogP contribution in [0.25, 0.3) is 0 Å². The number of carbonyl (C=O) groups is 1. The lowest BCUT2D eigenvalue weighted by Gasteiger charge is -2.10. The van der Waals surface area contributed by atoms with E-state index in [1.165, 1.54) is 48.5 Å². The van der Waals surface area contributed by atoms with Gasteiger partial charge in [0.15, 0.2) is 0 Å². The molecular formula is C20H17N3O5S. The fourth-order valence-corrected chi connectivity index (χ4v) is 3.55. The number of non-ortho nitro benzene ring substituents is 1. The van der Waals surface area contributed by atoms with Crippen LogP contribution in [0, 0.1) is 17.0 Å². The van der Waals surface area contributed by atoms with Crippen molar-refractivity contribution in [2.75, 3.05) is 10.0 Å². The van der Waals surface area contributed by atoms with E-state index in [1.54, 1.807) is 24.3 Å². The third-order valence-electron chi connectivity index (χ3n) is 4.07. The van der Waals surface area contributed by atoms with Gasteiger partial charge in [0, 0.05) is 29.1 Å². The fraction of sp³-hybridized carbons (Fsp3) is 0.0500. The van der Waals surface area contributed by atoms with Crippen LogP contribution in [-0.2, 0) is 10.0 Å². The first-order chi connectivity index (χ1) is 13.7. The zero-order chi connectivity index (χ0) is 21.0. The third-order valence-corrected chi connectivity index (χ3v) is 5.46. The van der Waals surface area contributed by atoms with Crippen molar-refractivity contribution in [2.24, 2.45) is 0 Å². The van der Waals surface area contributed by atoms with Crippen molar-refractivity contribution >= 4 is 33.0 Å². The maximum absolute atomic E-state index is 12.5. The van der Waals surface area contributed by atoms with Crippen LogP contribution in [0.1, 0.15) is 15.9 Å². The summed E-state index contributed by atoms with van der Waals surface area (Å²) in [4.78, 5) is 22.4. The summed E-state index contributed by atoms with van der Waals surface area (Å²) in [5, 5.41) is 13.3. The van der Waals surface area contributed by atoms with E-state index in [2.05, 4.69) is 10.0 Å². The molecule has 0 radical (unpaired) electrons. The number of hydrogen-bond acceptors (Lipinski definition) is 5. The Labute approximate surface area is 167 Å². The maximum Gasteiger partial charge on any atom is 0.269 e. The van der Waals surface area contributed by atoms with Crippen LogP contribution < -0.4 is 10.0 Å². The molecule has 0 aromatic heterocycles. The van der Waals surface area contributed by atoms with E-state index in [9.17, 15) is 23.3 Å². The van der Waals surface area contributed by atoms with Crippen LogP contribution in [-0.4, -0.2) is 19.2 Å². The van der Waals surface area contributed by atoms with Gasteiger partial charge < -0.3 is 5.32 Å². The largest absolute Gasteiger partial charge is 0.322 e. The number of aryl methyl sites for hydroxylation is 1. The minimum absolute atomic E-state index is 0.0476. The molecule has 0 spiro atoms. The molecule has 0 saturated carbocycles. The van der Waals surface area contributed by atoms with Gasteiger partial charge in [0.05, 0.1) is 9.82 Å². The maximum atomic E-state index is 12.5. The fourth-order valence-electron chi connectivity index (χ4n) is 2.49. The van der Waals surface area contributed by atoms with Crippen LogP contribution in [0.4, 0.5) is 17.1 Å². The Hall–Kier alpha value is -3.72. The van der Waals surface area contributed by atoms with Crippen molar-refractivity contribution in [1.82, 2.24) is 0 Å². The Morgan fingerprint density at radius 1 is 0.862 bits per heavy atom. The van der Waals surface area contributed by atoms with Gasteiger partial charge in [-0.2, -0.15) is 0 Å². The second-order valence-electron chi connectivity index (χ2n) is 6.25. The molecule has 0 saturated heterocycles. The predicted molar refractivity (Wildman–Crippen MR) is 109 cm³/mol. The third kappa shape index (κ3) is 4.96. The molecular weight excluding hydrogens is 394 g/mol. The summed E-state index contributed by atoms with van der Waals surface area (Å²) >= 11 is 0. The van der Waals surface area contributed by atoms with Crippen molar-refractivity contribution in [3.8, 4) is 0 Å². The number of nitrogens with one attached hydrogen (secondary N) is 2. The number of amides is 1. The summed E-state index contributed by atoms with van der Waals surface area (Å²) in [5.74, 6) is -0.465. The Bertz CT molecular complexity index is 1140. The topological polar surface area (TPSA) is 118 Å². The predicted octanol–water partition coefficient (Wildman–Crippen LogP) is 3.96. The molecule has 29 heavy (non-hydrogen) atoms. The number of hydrogen-bond donors (Lipinski definition) is 2. The van der Waals surface area contributed by atoms with E-state index in [0.29, 0.717) is 11.4 Å². The number of sulfonamides is 1. The molecule has 0 bridgehead atoms. The van der Waals surface area contributed by atoms with Gasteiger partial charge in [-0.1, -0.05) is 17.7 Å². The Morgan fingerprint density at radius 2 is 1.41 bits per heavy atom. The van der Waals surface area contributed by atoms with Crippen molar-refractivity contribution in [3.63, 3.8) is 0 Å². The number of nitrogens with zero attached hydrogens (tertiary/aromatic N) is 1. The highest BCUT2D eigenvalue weighted by Crippen LogP contribution is 2.19. The van der Waals surface area contributed by atoms with Gasteiger partial charge >= 0.3 is 0 Å². The average Bonchev–Trinajstić information content (AvgIpc) is 2.70. The molecule has 0 aliphatic rings.